The SMILES string of the molecule is Cc1cc(Br)c2c(c1)C[C@@H](C(=O)O)[C@@H](C(F)(F)F)O2. The number of carboxylic acids is 1. The van der Waals surface area contributed by atoms with Crippen LogP contribution in [0.2, 0.25) is 0 Å². The normalized spacial score (nSPS) is 22.6. The first-order valence-electron chi connectivity index (χ1n) is 5.45. The Labute approximate surface area is 115 Å². The lowest BCUT2D eigenvalue weighted by Crippen LogP contribution is -2.47. The number of carboxylic acid groups (broad SMARTS) is 1. The summed E-state index contributed by atoms with van der Waals surface area (Å²) >= 11 is 3.14. The Kier molecular flexibility index (Phi) is 3.51. The van der Waals surface area contributed by atoms with E-state index in [1.54, 1.807) is 19.1 Å². The number of fused-ring (bicyclic) bond motifs is 1. The molecule has 1 aromatic carbocycles. The Morgan fingerprint density at radius 3 is 2.63 bits per heavy atom. The summed E-state index contributed by atoms with van der Waals surface area (Å²) in [5.41, 5.74) is 1.29. The molecule has 1 N–H and O–H groups in total. The lowest BCUT2D eigenvalue weighted by atomic mass is 9.89. The van der Waals surface area contributed by atoms with Crippen molar-refractivity contribution in [2.75, 3.05) is 0 Å². The molecule has 0 fully saturated rings. The van der Waals surface area contributed by atoms with Gasteiger partial charge >= 0.3 is 12.1 Å². The van der Waals surface area contributed by atoms with Gasteiger partial charge in [0, 0.05) is 0 Å². The molecule has 0 aliphatic carbocycles. The summed E-state index contributed by atoms with van der Waals surface area (Å²) in [6, 6.07) is 3.27. The zero-order valence-electron chi connectivity index (χ0n) is 9.79. The third-order valence-corrected chi connectivity index (χ3v) is 3.54. The van der Waals surface area contributed by atoms with Gasteiger partial charge in [-0.2, -0.15) is 13.2 Å². The zero-order chi connectivity index (χ0) is 14.4. The largest absolute Gasteiger partial charge is 0.481 e. The molecule has 0 unspecified atom stereocenters. The number of aliphatic carboxylic acids is 1. The first-order valence-corrected chi connectivity index (χ1v) is 6.24. The molecule has 0 amide bonds. The van der Waals surface area contributed by atoms with Crippen molar-refractivity contribution in [3.05, 3.63) is 27.7 Å². The molecule has 2 rings (SSSR count). The first-order chi connectivity index (χ1) is 8.70. The van der Waals surface area contributed by atoms with Gasteiger partial charge < -0.3 is 9.84 Å². The maximum atomic E-state index is 12.9. The third kappa shape index (κ3) is 2.70. The Balaban J connectivity index is 2.48. The van der Waals surface area contributed by atoms with Gasteiger partial charge in [-0.15, -0.1) is 0 Å². The number of rotatable bonds is 1. The topological polar surface area (TPSA) is 46.5 Å². The number of hydrogen-bond acceptors (Lipinski definition) is 2. The van der Waals surface area contributed by atoms with Gasteiger partial charge in [-0.25, -0.2) is 0 Å². The number of carbonyl (C=O) groups is 1. The minimum absolute atomic E-state index is 0.0745. The lowest BCUT2D eigenvalue weighted by molar-refractivity contribution is -0.217. The minimum Gasteiger partial charge on any atom is -0.481 e. The predicted octanol–water partition coefficient (Wildman–Crippen LogP) is 3.32. The van der Waals surface area contributed by atoms with Crippen LogP contribution in [0.25, 0.3) is 0 Å². The molecule has 0 saturated heterocycles. The first kappa shape index (κ1) is 14.2. The fraction of sp³-hybridized carbons (Fsp3) is 0.417. The van der Waals surface area contributed by atoms with Crippen molar-refractivity contribution >= 4 is 21.9 Å². The molecular weight excluding hydrogens is 329 g/mol. The second-order valence-electron chi connectivity index (χ2n) is 4.46. The lowest BCUT2D eigenvalue weighted by Gasteiger charge is -2.33. The predicted molar refractivity (Wildman–Crippen MR) is 64.2 cm³/mol. The van der Waals surface area contributed by atoms with Crippen molar-refractivity contribution in [2.45, 2.75) is 25.6 Å². The van der Waals surface area contributed by atoms with Crippen LogP contribution in [0.15, 0.2) is 16.6 Å². The number of aryl methyl sites for hydroxylation is 1. The van der Waals surface area contributed by atoms with E-state index in [1.165, 1.54) is 0 Å². The summed E-state index contributed by atoms with van der Waals surface area (Å²) in [5, 5.41) is 8.94. The van der Waals surface area contributed by atoms with Crippen molar-refractivity contribution in [1.29, 1.82) is 0 Å². The minimum atomic E-state index is -4.72. The molecule has 7 heteroatoms. The highest BCUT2D eigenvalue weighted by Crippen LogP contribution is 2.42. The van der Waals surface area contributed by atoms with Gasteiger partial charge in [-0.1, -0.05) is 6.07 Å². The quantitative estimate of drug-likeness (QED) is 0.854. The van der Waals surface area contributed by atoms with Crippen molar-refractivity contribution in [2.24, 2.45) is 5.92 Å². The number of halogens is 4. The molecule has 0 spiro atoms. The zero-order valence-corrected chi connectivity index (χ0v) is 11.4. The number of hydrogen-bond donors (Lipinski definition) is 1. The van der Waals surface area contributed by atoms with Crippen molar-refractivity contribution < 1.29 is 27.8 Å². The van der Waals surface area contributed by atoms with Gasteiger partial charge in [0.25, 0.3) is 0 Å². The van der Waals surface area contributed by atoms with Crippen LogP contribution in [0.4, 0.5) is 13.2 Å². The fourth-order valence-electron chi connectivity index (χ4n) is 2.15. The van der Waals surface area contributed by atoms with Gasteiger partial charge in [0.2, 0.25) is 6.10 Å². The summed E-state index contributed by atoms with van der Waals surface area (Å²) < 4.78 is 43.9. The summed E-state index contributed by atoms with van der Waals surface area (Å²) in [7, 11) is 0. The van der Waals surface area contributed by atoms with E-state index < -0.39 is 24.2 Å². The summed E-state index contributed by atoms with van der Waals surface area (Å²) in [4.78, 5) is 11.0. The van der Waals surface area contributed by atoms with E-state index in [0.29, 0.717) is 10.0 Å². The maximum Gasteiger partial charge on any atom is 0.426 e. The molecule has 104 valence electrons. The van der Waals surface area contributed by atoms with Crippen LogP contribution in [-0.2, 0) is 11.2 Å². The van der Waals surface area contributed by atoms with E-state index in [1.807, 2.05) is 0 Å². The van der Waals surface area contributed by atoms with Crippen LogP contribution in [-0.4, -0.2) is 23.4 Å². The average molecular weight is 339 g/mol. The second-order valence-corrected chi connectivity index (χ2v) is 5.32. The average Bonchev–Trinajstić information content (AvgIpc) is 2.25. The molecule has 0 saturated carbocycles. The Morgan fingerprint density at radius 1 is 1.47 bits per heavy atom. The molecule has 1 aliphatic rings. The molecule has 19 heavy (non-hydrogen) atoms. The van der Waals surface area contributed by atoms with Crippen molar-refractivity contribution in [1.82, 2.24) is 0 Å². The van der Waals surface area contributed by atoms with E-state index in [0.717, 1.165) is 5.56 Å². The van der Waals surface area contributed by atoms with Gasteiger partial charge in [0.15, 0.2) is 0 Å². The third-order valence-electron chi connectivity index (χ3n) is 2.95. The molecule has 1 aliphatic heterocycles. The summed E-state index contributed by atoms with van der Waals surface area (Å²) in [5.74, 6) is -3.06. The Bertz CT molecular complexity index is 528. The number of benzene rings is 1. The maximum absolute atomic E-state index is 12.9. The van der Waals surface area contributed by atoms with Crippen LogP contribution in [0.3, 0.4) is 0 Å². The molecular formula is C12H10BrF3O3. The second kappa shape index (κ2) is 4.70. The smallest absolute Gasteiger partial charge is 0.426 e. The highest BCUT2D eigenvalue weighted by molar-refractivity contribution is 9.10. The van der Waals surface area contributed by atoms with Gasteiger partial charge in [-0.05, 0) is 46.5 Å². The fourth-order valence-corrected chi connectivity index (χ4v) is 2.86. The van der Waals surface area contributed by atoms with Crippen molar-refractivity contribution in [3.63, 3.8) is 0 Å². The van der Waals surface area contributed by atoms with Gasteiger partial charge in [0.1, 0.15) is 11.7 Å². The molecule has 1 aromatic rings. The Hall–Kier alpha value is -1.24. The molecule has 0 radical (unpaired) electrons. The van der Waals surface area contributed by atoms with Gasteiger partial charge in [0.05, 0.1) is 4.47 Å². The van der Waals surface area contributed by atoms with Crippen LogP contribution in [0.1, 0.15) is 11.1 Å². The van der Waals surface area contributed by atoms with E-state index in [4.69, 9.17) is 9.84 Å². The van der Waals surface area contributed by atoms with Crippen LogP contribution < -0.4 is 4.74 Å². The van der Waals surface area contributed by atoms with Crippen molar-refractivity contribution in [3.8, 4) is 5.75 Å². The highest BCUT2D eigenvalue weighted by Gasteiger charge is 2.52. The van der Waals surface area contributed by atoms with Crippen LogP contribution in [0.5, 0.6) is 5.75 Å². The number of alkyl halides is 3. The number of ether oxygens (including phenoxy) is 1. The molecule has 2 atom stereocenters. The standard InChI is InChI=1S/C12H10BrF3O3/c1-5-2-6-4-7(11(17)18)10(12(14,15)16)19-9(6)8(13)3-5/h2-3,7,10H,4H2,1H3,(H,17,18)/t7-,10+/m1/s1. The summed E-state index contributed by atoms with van der Waals surface area (Å²) in [6.45, 7) is 1.77. The molecule has 3 nitrogen and oxygen atoms in total. The Morgan fingerprint density at radius 2 is 2.11 bits per heavy atom. The summed E-state index contributed by atoms with van der Waals surface area (Å²) in [6.07, 6.45) is -7.24. The highest BCUT2D eigenvalue weighted by atomic mass is 79.9. The van der Waals surface area contributed by atoms with E-state index in [2.05, 4.69) is 15.9 Å². The van der Waals surface area contributed by atoms with E-state index >= 15 is 0 Å². The van der Waals surface area contributed by atoms with Crippen LogP contribution >= 0.6 is 15.9 Å². The molecule has 1 heterocycles. The van der Waals surface area contributed by atoms with Gasteiger partial charge in [-0.3, -0.25) is 4.79 Å². The monoisotopic (exact) mass is 338 g/mol. The van der Waals surface area contributed by atoms with Crippen LogP contribution in [0, 0.1) is 12.8 Å². The van der Waals surface area contributed by atoms with E-state index in [-0.39, 0.29) is 12.2 Å². The molecule has 0 aromatic heterocycles. The van der Waals surface area contributed by atoms with E-state index in [9.17, 15) is 18.0 Å². The molecule has 0 bridgehead atoms.